The molecule has 2 aromatic carbocycles. The second-order valence-corrected chi connectivity index (χ2v) is 4.99. The van der Waals surface area contributed by atoms with Crippen molar-refractivity contribution in [3.05, 3.63) is 69.4 Å². The molecule has 1 atom stereocenters. The number of benzene rings is 2. The molecule has 0 spiro atoms. The Morgan fingerprint density at radius 2 is 1.67 bits per heavy atom. The van der Waals surface area contributed by atoms with Gasteiger partial charge in [0.05, 0.1) is 5.38 Å². The van der Waals surface area contributed by atoms with Gasteiger partial charge in [-0.25, -0.2) is 13.2 Å². The maximum Gasteiger partial charge on any atom is 0.159 e. The molecular weight excluding hydrogens is 328 g/mol. The molecule has 5 heteroatoms. The molecule has 0 bridgehead atoms. The third kappa shape index (κ3) is 2.70. The molecule has 2 rings (SSSR count). The summed E-state index contributed by atoms with van der Waals surface area (Å²) in [6.45, 7) is 0. The molecular formula is C13H7BrClF3. The van der Waals surface area contributed by atoms with Crippen LogP contribution in [-0.4, -0.2) is 0 Å². The molecule has 0 amide bonds. The molecule has 0 aromatic heterocycles. The van der Waals surface area contributed by atoms with E-state index in [1.807, 2.05) is 0 Å². The molecule has 94 valence electrons. The molecule has 0 N–H and O–H groups in total. The molecule has 0 nitrogen and oxygen atoms in total. The van der Waals surface area contributed by atoms with Gasteiger partial charge < -0.3 is 0 Å². The monoisotopic (exact) mass is 334 g/mol. The van der Waals surface area contributed by atoms with Crippen LogP contribution in [0.25, 0.3) is 0 Å². The Morgan fingerprint density at radius 3 is 2.28 bits per heavy atom. The van der Waals surface area contributed by atoms with Crippen LogP contribution >= 0.6 is 27.5 Å². The van der Waals surface area contributed by atoms with Gasteiger partial charge in [-0.05, 0) is 35.4 Å². The van der Waals surface area contributed by atoms with Gasteiger partial charge in [0, 0.05) is 4.47 Å². The molecule has 1 unspecified atom stereocenters. The minimum Gasteiger partial charge on any atom is -0.207 e. The number of hydrogen-bond acceptors (Lipinski definition) is 0. The first-order valence-corrected chi connectivity index (χ1v) is 6.26. The predicted molar refractivity (Wildman–Crippen MR) is 68.2 cm³/mol. The van der Waals surface area contributed by atoms with E-state index in [-0.39, 0.29) is 0 Å². The van der Waals surface area contributed by atoms with Crippen LogP contribution in [0.2, 0.25) is 0 Å². The van der Waals surface area contributed by atoms with Crippen molar-refractivity contribution in [1.29, 1.82) is 0 Å². The van der Waals surface area contributed by atoms with Crippen molar-refractivity contribution in [1.82, 2.24) is 0 Å². The number of halogens is 5. The van der Waals surface area contributed by atoms with Gasteiger partial charge in [0.25, 0.3) is 0 Å². The van der Waals surface area contributed by atoms with Gasteiger partial charge in [-0.15, -0.1) is 11.6 Å². The van der Waals surface area contributed by atoms with Crippen LogP contribution in [0.5, 0.6) is 0 Å². The summed E-state index contributed by atoms with van der Waals surface area (Å²) < 4.78 is 39.4. The second kappa shape index (κ2) is 5.33. The summed E-state index contributed by atoms with van der Waals surface area (Å²) >= 11 is 9.36. The van der Waals surface area contributed by atoms with Crippen molar-refractivity contribution in [3.8, 4) is 0 Å². The average Bonchev–Trinajstić information content (AvgIpc) is 2.32. The highest BCUT2D eigenvalue weighted by Gasteiger charge is 2.16. The SMILES string of the molecule is Fc1ccc(C(Cl)c2ccc(F)c(F)c2)c(Br)c1. The first-order chi connectivity index (χ1) is 8.49. The van der Waals surface area contributed by atoms with Crippen LogP contribution in [0.3, 0.4) is 0 Å². The van der Waals surface area contributed by atoms with Crippen molar-refractivity contribution in [3.63, 3.8) is 0 Å². The van der Waals surface area contributed by atoms with Crippen molar-refractivity contribution in [2.45, 2.75) is 5.38 Å². The number of hydrogen-bond donors (Lipinski definition) is 0. The Bertz CT molecular complexity index is 586. The van der Waals surface area contributed by atoms with E-state index >= 15 is 0 Å². The summed E-state index contributed by atoms with van der Waals surface area (Å²) in [4.78, 5) is 0. The smallest absolute Gasteiger partial charge is 0.159 e. The summed E-state index contributed by atoms with van der Waals surface area (Å²) in [6.07, 6.45) is 0. The lowest BCUT2D eigenvalue weighted by molar-refractivity contribution is 0.507. The third-order valence-corrected chi connectivity index (χ3v) is 3.65. The molecule has 0 saturated heterocycles. The van der Waals surface area contributed by atoms with Crippen molar-refractivity contribution >= 4 is 27.5 Å². The van der Waals surface area contributed by atoms with Crippen molar-refractivity contribution in [2.24, 2.45) is 0 Å². The Morgan fingerprint density at radius 1 is 0.944 bits per heavy atom. The van der Waals surface area contributed by atoms with Crippen LogP contribution in [0.15, 0.2) is 40.9 Å². The molecule has 0 aliphatic rings. The normalized spacial score (nSPS) is 12.5. The summed E-state index contributed by atoms with van der Waals surface area (Å²) in [7, 11) is 0. The van der Waals surface area contributed by atoms with E-state index < -0.39 is 22.8 Å². The maximum absolute atomic E-state index is 13.1. The minimum atomic E-state index is -0.962. The van der Waals surface area contributed by atoms with E-state index in [2.05, 4.69) is 15.9 Å². The van der Waals surface area contributed by atoms with E-state index in [1.54, 1.807) is 0 Å². The zero-order valence-corrected chi connectivity index (χ0v) is 11.3. The number of alkyl halides is 1. The van der Waals surface area contributed by atoms with E-state index in [4.69, 9.17) is 11.6 Å². The largest absolute Gasteiger partial charge is 0.207 e. The van der Waals surface area contributed by atoms with E-state index in [0.717, 1.165) is 12.1 Å². The molecule has 18 heavy (non-hydrogen) atoms. The third-order valence-electron chi connectivity index (χ3n) is 2.47. The Hall–Kier alpha value is -1.00. The van der Waals surface area contributed by atoms with Crippen LogP contribution in [0, 0.1) is 17.5 Å². The average molecular weight is 336 g/mol. The van der Waals surface area contributed by atoms with Gasteiger partial charge in [0.1, 0.15) is 5.82 Å². The highest BCUT2D eigenvalue weighted by Crippen LogP contribution is 2.34. The van der Waals surface area contributed by atoms with Gasteiger partial charge in [-0.1, -0.05) is 28.1 Å². The van der Waals surface area contributed by atoms with Crippen LogP contribution in [0.1, 0.15) is 16.5 Å². The zero-order valence-electron chi connectivity index (χ0n) is 8.93. The molecule has 2 aromatic rings. The van der Waals surface area contributed by atoms with Crippen LogP contribution in [0.4, 0.5) is 13.2 Å². The highest BCUT2D eigenvalue weighted by molar-refractivity contribution is 9.10. The predicted octanol–water partition coefficient (Wildman–Crippen LogP) is 5.19. The summed E-state index contributed by atoms with van der Waals surface area (Å²) in [6, 6.07) is 7.46. The Kier molecular flexibility index (Phi) is 3.97. The van der Waals surface area contributed by atoms with E-state index in [1.165, 1.54) is 24.3 Å². The van der Waals surface area contributed by atoms with Gasteiger partial charge in [-0.3, -0.25) is 0 Å². The molecule has 0 radical (unpaired) electrons. The summed E-state index contributed by atoms with van der Waals surface area (Å²) in [5.41, 5.74) is 0.993. The fourth-order valence-corrected chi connectivity index (χ4v) is 2.59. The maximum atomic E-state index is 13.1. The zero-order chi connectivity index (χ0) is 13.3. The quantitative estimate of drug-likeness (QED) is 0.662. The standard InChI is InChI=1S/C13H7BrClF3/c14-10-6-8(16)2-3-9(10)13(15)7-1-4-11(17)12(18)5-7/h1-6,13H. The first kappa shape index (κ1) is 13.4. The lowest BCUT2D eigenvalue weighted by atomic mass is 10.0. The molecule has 0 fully saturated rings. The van der Waals surface area contributed by atoms with E-state index in [0.29, 0.717) is 15.6 Å². The van der Waals surface area contributed by atoms with Gasteiger partial charge in [0.15, 0.2) is 11.6 Å². The molecule has 0 heterocycles. The van der Waals surface area contributed by atoms with Crippen molar-refractivity contribution in [2.75, 3.05) is 0 Å². The summed E-state index contributed by atoms with van der Waals surface area (Å²) in [5, 5.41) is -0.685. The van der Waals surface area contributed by atoms with Crippen LogP contribution < -0.4 is 0 Å². The topological polar surface area (TPSA) is 0 Å². The van der Waals surface area contributed by atoms with Crippen molar-refractivity contribution < 1.29 is 13.2 Å². The Labute approximate surface area is 116 Å². The fourth-order valence-electron chi connectivity index (χ4n) is 1.56. The Balaban J connectivity index is 2.41. The van der Waals surface area contributed by atoms with Gasteiger partial charge >= 0.3 is 0 Å². The lowest BCUT2D eigenvalue weighted by Crippen LogP contribution is -1.97. The molecule has 0 aliphatic carbocycles. The van der Waals surface area contributed by atoms with Gasteiger partial charge in [-0.2, -0.15) is 0 Å². The fraction of sp³-hybridized carbons (Fsp3) is 0.0769. The van der Waals surface area contributed by atoms with Crippen LogP contribution in [-0.2, 0) is 0 Å². The number of rotatable bonds is 2. The highest BCUT2D eigenvalue weighted by atomic mass is 79.9. The van der Waals surface area contributed by atoms with E-state index in [9.17, 15) is 13.2 Å². The molecule has 0 saturated carbocycles. The lowest BCUT2D eigenvalue weighted by Gasteiger charge is -2.12. The summed E-state index contributed by atoms with van der Waals surface area (Å²) in [5.74, 6) is -2.29. The second-order valence-electron chi connectivity index (χ2n) is 3.70. The molecule has 0 aliphatic heterocycles. The van der Waals surface area contributed by atoms with Gasteiger partial charge in [0.2, 0.25) is 0 Å². The first-order valence-electron chi connectivity index (χ1n) is 5.03. The minimum absolute atomic E-state index is 0.403.